The third-order valence-electron chi connectivity index (χ3n) is 3.61. The largest absolute Gasteiger partial charge is 0.452 e. The van der Waals surface area contributed by atoms with Gasteiger partial charge >= 0.3 is 5.97 Å². The summed E-state index contributed by atoms with van der Waals surface area (Å²) in [5, 5.41) is 2.82. The lowest BCUT2D eigenvalue weighted by Crippen LogP contribution is -2.31. The highest BCUT2D eigenvalue weighted by Crippen LogP contribution is 2.13. The zero-order valence-electron chi connectivity index (χ0n) is 13.4. The molecule has 1 atom stereocenters. The first-order chi connectivity index (χ1) is 11.1. The number of hydrogen-bond acceptors (Lipinski definition) is 3. The smallest absolute Gasteiger partial charge is 0.338 e. The molecule has 0 aliphatic heterocycles. The standard InChI is InChI=1S/C19H21NO3/c1-3-15-9-11-16(12-10-15)14(2)20-18(21)13-23-19(22)17-7-5-4-6-8-17/h4-12,14H,3,13H2,1-2H3,(H,20,21)/t14-/m1/s1. The zero-order valence-corrected chi connectivity index (χ0v) is 13.4. The molecule has 2 rings (SSSR count). The van der Waals surface area contributed by atoms with Gasteiger partial charge in [-0.15, -0.1) is 0 Å². The van der Waals surface area contributed by atoms with Crippen LogP contribution in [0.5, 0.6) is 0 Å². The molecule has 2 aromatic rings. The van der Waals surface area contributed by atoms with Crippen LogP contribution >= 0.6 is 0 Å². The van der Waals surface area contributed by atoms with E-state index in [0.29, 0.717) is 5.56 Å². The van der Waals surface area contributed by atoms with Crippen LogP contribution in [0.3, 0.4) is 0 Å². The van der Waals surface area contributed by atoms with Crippen molar-refractivity contribution in [3.8, 4) is 0 Å². The topological polar surface area (TPSA) is 55.4 Å². The molecule has 0 saturated carbocycles. The highest BCUT2D eigenvalue weighted by atomic mass is 16.5. The van der Waals surface area contributed by atoms with E-state index in [2.05, 4.69) is 12.2 Å². The highest BCUT2D eigenvalue weighted by molar-refractivity contribution is 5.91. The van der Waals surface area contributed by atoms with Gasteiger partial charge in [-0.3, -0.25) is 4.79 Å². The first-order valence-electron chi connectivity index (χ1n) is 7.70. The normalized spacial score (nSPS) is 11.6. The van der Waals surface area contributed by atoms with E-state index >= 15 is 0 Å². The first-order valence-corrected chi connectivity index (χ1v) is 7.70. The van der Waals surface area contributed by atoms with Gasteiger partial charge in [-0.1, -0.05) is 49.4 Å². The molecule has 4 heteroatoms. The quantitative estimate of drug-likeness (QED) is 0.833. The molecule has 23 heavy (non-hydrogen) atoms. The van der Waals surface area contributed by atoms with Crippen LogP contribution in [0.1, 0.15) is 41.4 Å². The molecule has 0 aliphatic carbocycles. The summed E-state index contributed by atoms with van der Waals surface area (Å²) in [6, 6.07) is 16.6. The third kappa shape index (κ3) is 4.95. The molecule has 0 bridgehead atoms. The Morgan fingerprint density at radius 2 is 1.70 bits per heavy atom. The van der Waals surface area contributed by atoms with E-state index in [1.165, 1.54) is 5.56 Å². The summed E-state index contributed by atoms with van der Waals surface area (Å²) in [7, 11) is 0. The lowest BCUT2D eigenvalue weighted by molar-refractivity contribution is -0.124. The molecule has 0 aromatic heterocycles. The van der Waals surface area contributed by atoms with Crippen molar-refractivity contribution in [2.75, 3.05) is 6.61 Å². The predicted octanol–water partition coefficient (Wildman–Crippen LogP) is 3.28. The average molecular weight is 311 g/mol. The number of aryl methyl sites for hydroxylation is 1. The maximum absolute atomic E-state index is 11.9. The van der Waals surface area contributed by atoms with Crippen molar-refractivity contribution in [1.29, 1.82) is 0 Å². The number of ether oxygens (including phenoxy) is 1. The van der Waals surface area contributed by atoms with Gasteiger partial charge < -0.3 is 10.1 Å². The van der Waals surface area contributed by atoms with Crippen molar-refractivity contribution in [2.24, 2.45) is 0 Å². The molecular formula is C19H21NO3. The molecule has 0 fully saturated rings. The van der Waals surface area contributed by atoms with E-state index in [1.807, 2.05) is 37.3 Å². The van der Waals surface area contributed by atoms with E-state index < -0.39 is 5.97 Å². The van der Waals surface area contributed by atoms with E-state index in [0.717, 1.165) is 12.0 Å². The van der Waals surface area contributed by atoms with Gasteiger partial charge in [-0.25, -0.2) is 4.79 Å². The molecule has 4 nitrogen and oxygen atoms in total. The molecule has 120 valence electrons. The van der Waals surface area contributed by atoms with Gasteiger partial charge in [0.2, 0.25) is 0 Å². The van der Waals surface area contributed by atoms with Crippen LogP contribution < -0.4 is 5.32 Å². The third-order valence-corrected chi connectivity index (χ3v) is 3.61. The summed E-state index contributed by atoms with van der Waals surface area (Å²) in [6.45, 7) is 3.71. The van der Waals surface area contributed by atoms with Gasteiger partial charge in [-0.2, -0.15) is 0 Å². The molecule has 2 aromatic carbocycles. The second kappa shape index (κ2) is 8.13. The van der Waals surface area contributed by atoms with Crippen LogP contribution in [0.4, 0.5) is 0 Å². The molecular weight excluding hydrogens is 290 g/mol. The Labute approximate surface area is 136 Å². The van der Waals surface area contributed by atoms with Gasteiger partial charge in [0.1, 0.15) is 0 Å². The van der Waals surface area contributed by atoms with Crippen LogP contribution in [-0.2, 0) is 16.0 Å². The number of esters is 1. The van der Waals surface area contributed by atoms with E-state index in [1.54, 1.807) is 24.3 Å². The Bertz CT molecular complexity index is 650. The maximum atomic E-state index is 11.9. The maximum Gasteiger partial charge on any atom is 0.338 e. The number of benzene rings is 2. The van der Waals surface area contributed by atoms with Crippen molar-refractivity contribution < 1.29 is 14.3 Å². The summed E-state index contributed by atoms with van der Waals surface area (Å²) < 4.78 is 5.01. The molecule has 0 heterocycles. The predicted molar refractivity (Wildman–Crippen MR) is 89.1 cm³/mol. The lowest BCUT2D eigenvalue weighted by atomic mass is 10.1. The van der Waals surface area contributed by atoms with Gasteiger partial charge in [0, 0.05) is 0 Å². The van der Waals surface area contributed by atoms with Crippen molar-refractivity contribution in [3.63, 3.8) is 0 Å². The number of hydrogen-bond donors (Lipinski definition) is 1. The number of carbonyl (C=O) groups is 2. The lowest BCUT2D eigenvalue weighted by Gasteiger charge is -2.15. The van der Waals surface area contributed by atoms with Gasteiger partial charge in [0.25, 0.3) is 5.91 Å². The summed E-state index contributed by atoms with van der Waals surface area (Å²) in [4.78, 5) is 23.7. The van der Waals surface area contributed by atoms with Crippen LogP contribution in [-0.4, -0.2) is 18.5 Å². The summed E-state index contributed by atoms with van der Waals surface area (Å²) >= 11 is 0. The van der Waals surface area contributed by atoms with E-state index in [-0.39, 0.29) is 18.6 Å². The fourth-order valence-electron chi connectivity index (χ4n) is 2.20. The minimum atomic E-state index is -0.499. The zero-order chi connectivity index (χ0) is 16.7. The van der Waals surface area contributed by atoms with Crippen LogP contribution in [0.25, 0.3) is 0 Å². The highest BCUT2D eigenvalue weighted by Gasteiger charge is 2.12. The Kier molecular flexibility index (Phi) is 5.92. The number of rotatable bonds is 6. The van der Waals surface area contributed by atoms with E-state index in [9.17, 15) is 9.59 Å². The molecule has 0 unspecified atom stereocenters. The minimum Gasteiger partial charge on any atom is -0.452 e. The van der Waals surface area contributed by atoms with Crippen molar-refractivity contribution >= 4 is 11.9 Å². The van der Waals surface area contributed by atoms with Crippen LogP contribution in [0.15, 0.2) is 54.6 Å². The molecule has 0 saturated heterocycles. The van der Waals surface area contributed by atoms with Gasteiger partial charge in [0.15, 0.2) is 6.61 Å². The van der Waals surface area contributed by atoms with Gasteiger partial charge in [0.05, 0.1) is 11.6 Å². The fraction of sp³-hybridized carbons (Fsp3) is 0.263. The monoisotopic (exact) mass is 311 g/mol. The summed E-state index contributed by atoms with van der Waals surface area (Å²) in [5.41, 5.74) is 2.71. The average Bonchev–Trinajstić information content (AvgIpc) is 2.60. The Morgan fingerprint density at radius 1 is 1.04 bits per heavy atom. The Balaban J connectivity index is 1.83. The minimum absolute atomic E-state index is 0.135. The summed E-state index contributed by atoms with van der Waals surface area (Å²) in [6.07, 6.45) is 0.983. The summed E-state index contributed by atoms with van der Waals surface area (Å²) in [5.74, 6) is -0.818. The molecule has 0 spiro atoms. The number of nitrogens with one attached hydrogen (secondary N) is 1. The van der Waals surface area contributed by atoms with Gasteiger partial charge in [-0.05, 0) is 36.6 Å². The van der Waals surface area contributed by atoms with Crippen molar-refractivity contribution in [3.05, 3.63) is 71.3 Å². The SMILES string of the molecule is CCc1ccc([C@@H](C)NC(=O)COC(=O)c2ccccc2)cc1. The van der Waals surface area contributed by atoms with Crippen LogP contribution in [0.2, 0.25) is 0 Å². The number of carbonyl (C=O) groups excluding carboxylic acids is 2. The second-order valence-corrected chi connectivity index (χ2v) is 5.33. The molecule has 0 aliphatic rings. The van der Waals surface area contributed by atoms with Crippen molar-refractivity contribution in [2.45, 2.75) is 26.3 Å². The van der Waals surface area contributed by atoms with Crippen molar-refractivity contribution in [1.82, 2.24) is 5.32 Å². The van der Waals surface area contributed by atoms with Crippen LogP contribution in [0, 0.1) is 0 Å². The molecule has 1 amide bonds. The Morgan fingerprint density at radius 3 is 2.30 bits per heavy atom. The molecule has 0 radical (unpaired) electrons. The second-order valence-electron chi connectivity index (χ2n) is 5.33. The Hall–Kier alpha value is -2.62. The first kappa shape index (κ1) is 16.7. The number of amides is 1. The molecule has 1 N–H and O–H groups in total. The fourth-order valence-corrected chi connectivity index (χ4v) is 2.20. The van der Waals surface area contributed by atoms with E-state index in [4.69, 9.17) is 4.74 Å².